The number of likely N-dealkylation sites (tertiary alicyclic amines) is 1. The molecule has 36 heavy (non-hydrogen) atoms. The van der Waals surface area contributed by atoms with Crippen LogP contribution in [0.25, 0.3) is 0 Å². The Kier molecular flexibility index (Phi) is 10.5. The summed E-state index contributed by atoms with van der Waals surface area (Å²) in [6.07, 6.45) is 3.44. The van der Waals surface area contributed by atoms with Crippen LogP contribution in [0.1, 0.15) is 63.6 Å². The number of hydrogen-bond acceptors (Lipinski definition) is 5. The molecule has 0 radical (unpaired) electrons. The lowest BCUT2D eigenvalue weighted by molar-refractivity contribution is -0.143. The number of ether oxygens (including phenoxy) is 3. The minimum absolute atomic E-state index is 0.0316. The number of benzene rings is 2. The highest BCUT2D eigenvalue weighted by Crippen LogP contribution is 2.41. The van der Waals surface area contributed by atoms with Crippen molar-refractivity contribution in [1.29, 1.82) is 0 Å². The predicted octanol–water partition coefficient (Wildman–Crippen LogP) is 4.93. The average Bonchev–Trinajstić information content (AvgIpc) is 2.89. The summed E-state index contributed by atoms with van der Waals surface area (Å²) in [5, 5.41) is 3.13. The maximum atomic E-state index is 13.5. The number of para-hydroxylation sites is 1. The molecule has 0 saturated carbocycles. The minimum atomic E-state index is -0.344. The lowest BCUT2D eigenvalue weighted by atomic mass is 9.83. The van der Waals surface area contributed by atoms with E-state index in [2.05, 4.69) is 12.2 Å². The van der Waals surface area contributed by atoms with Crippen molar-refractivity contribution in [3.8, 4) is 17.2 Å². The molecule has 1 aliphatic rings. The molecule has 2 unspecified atom stereocenters. The molecule has 0 bridgehead atoms. The maximum absolute atomic E-state index is 13.5. The number of hydrogen-bond donors (Lipinski definition) is 1. The molecule has 0 spiro atoms. The zero-order valence-electron chi connectivity index (χ0n) is 22.0. The molecule has 2 amide bonds. The van der Waals surface area contributed by atoms with Crippen molar-refractivity contribution < 1.29 is 23.8 Å². The summed E-state index contributed by atoms with van der Waals surface area (Å²) in [5.74, 6) is 1.88. The Labute approximate surface area is 215 Å². The summed E-state index contributed by atoms with van der Waals surface area (Å²) in [4.78, 5) is 28.3. The number of nitrogens with one attached hydrogen (secondary N) is 1. The van der Waals surface area contributed by atoms with Gasteiger partial charge in [-0.15, -0.1) is 0 Å². The van der Waals surface area contributed by atoms with Crippen molar-refractivity contribution >= 4 is 11.8 Å². The lowest BCUT2D eigenvalue weighted by Gasteiger charge is -2.41. The normalized spacial score (nSPS) is 17.6. The fourth-order valence-corrected chi connectivity index (χ4v) is 4.83. The number of rotatable bonds is 13. The topological polar surface area (TPSA) is 77.1 Å². The van der Waals surface area contributed by atoms with E-state index in [4.69, 9.17) is 14.2 Å². The molecule has 1 fully saturated rings. The van der Waals surface area contributed by atoms with Gasteiger partial charge in [0.15, 0.2) is 11.5 Å². The molecule has 1 saturated heterocycles. The first-order valence-electron chi connectivity index (χ1n) is 13.1. The fourth-order valence-electron chi connectivity index (χ4n) is 4.83. The monoisotopic (exact) mass is 496 g/mol. The summed E-state index contributed by atoms with van der Waals surface area (Å²) in [6, 6.07) is 13.3. The van der Waals surface area contributed by atoms with E-state index in [0.717, 1.165) is 35.5 Å². The second-order valence-electron chi connectivity index (χ2n) is 8.96. The number of unbranched alkanes of at least 4 members (excludes halogenated alkanes) is 1. The van der Waals surface area contributed by atoms with Crippen LogP contribution in [-0.4, -0.2) is 50.1 Å². The second kappa shape index (κ2) is 13.8. The van der Waals surface area contributed by atoms with Crippen molar-refractivity contribution in [2.24, 2.45) is 5.92 Å². The van der Waals surface area contributed by atoms with Crippen molar-refractivity contribution in [2.45, 2.75) is 58.9 Å². The first-order chi connectivity index (χ1) is 17.5. The molecule has 2 atom stereocenters. The summed E-state index contributed by atoms with van der Waals surface area (Å²) in [6.45, 7) is 8.25. The molecule has 2 aromatic rings. The number of piperidine rings is 1. The molecule has 3 rings (SSSR count). The Balaban J connectivity index is 1.75. The first kappa shape index (κ1) is 27.4. The van der Waals surface area contributed by atoms with Crippen LogP contribution in [0.2, 0.25) is 0 Å². The second-order valence-corrected chi connectivity index (χ2v) is 8.96. The number of carbonyl (C=O) groups excluding carboxylic acids is 2. The van der Waals surface area contributed by atoms with Crippen molar-refractivity contribution in [3.05, 3.63) is 53.6 Å². The zero-order chi connectivity index (χ0) is 25.9. The number of methoxy groups -OCH3 is 1. The van der Waals surface area contributed by atoms with E-state index in [0.29, 0.717) is 51.3 Å². The molecule has 196 valence electrons. The van der Waals surface area contributed by atoms with Crippen LogP contribution in [0.4, 0.5) is 0 Å². The standard InChI is InChI=1S/C29H40N2O5/c1-5-8-19-31-27(32)16-14-23(28(31)22-11-9-10-12-24(22)34-4)29(33)30-18-17-21-13-15-25(35-6-2)26(20-21)36-7-3/h9-13,15,20,23,28H,5-8,14,16-19H2,1-4H3,(H,30,33). The molecule has 2 aromatic carbocycles. The smallest absolute Gasteiger partial charge is 0.225 e. The van der Waals surface area contributed by atoms with Gasteiger partial charge in [0.25, 0.3) is 0 Å². The zero-order valence-corrected chi connectivity index (χ0v) is 22.0. The van der Waals surface area contributed by atoms with E-state index < -0.39 is 0 Å². The van der Waals surface area contributed by atoms with E-state index in [1.165, 1.54) is 0 Å². The van der Waals surface area contributed by atoms with Gasteiger partial charge in [-0.2, -0.15) is 0 Å². The third-order valence-electron chi connectivity index (χ3n) is 6.57. The van der Waals surface area contributed by atoms with Crippen LogP contribution in [-0.2, 0) is 16.0 Å². The largest absolute Gasteiger partial charge is 0.496 e. The Hall–Kier alpha value is -3.22. The Morgan fingerprint density at radius 2 is 1.78 bits per heavy atom. The van der Waals surface area contributed by atoms with Crippen LogP contribution in [0.3, 0.4) is 0 Å². The molecule has 0 aromatic heterocycles. The van der Waals surface area contributed by atoms with Gasteiger partial charge in [-0.3, -0.25) is 9.59 Å². The number of carbonyl (C=O) groups is 2. The Morgan fingerprint density at radius 3 is 2.50 bits per heavy atom. The van der Waals surface area contributed by atoms with Crippen molar-refractivity contribution in [2.75, 3.05) is 33.4 Å². The van der Waals surface area contributed by atoms with Gasteiger partial charge in [0, 0.05) is 25.1 Å². The van der Waals surface area contributed by atoms with E-state index in [9.17, 15) is 9.59 Å². The van der Waals surface area contributed by atoms with Gasteiger partial charge in [-0.05, 0) is 56.9 Å². The molecule has 7 nitrogen and oxygen atoms in total. The van der Waals surface area contributed by atoms with Crippen LogP contribution < -0.4 is 19.5 Å². The molecular weight excluding hydrogens is 456 g/mol. The van der Waals surface area contributed by atoms with E-state index in [-0.39, 0.29) is 23.8 Å². The average molecular weight is 497 g/mol. The number of nitrogens with zero attached hydrogens (tertiary/aromatic N) is 1. The van der Waals surface area contributed by atoms with Gasteiger partial charge in [0.1, 0.15) is 5.75 Å². The van der Waals surface area contributed by atoms with Gasteiger partial charge in [0.05, 0.1) is 32.3 Å². The highest BCUT2D eigenvalue weighted by Gasteiger charge is 2.41. The summed E-state index contributed by atoms with van der Waals surface area (Å²) in [7, 11) is 1.63. The van der Waals surface area contributed by atoms with Gasteiger partial charge in [-0.25, -0.2) is 0 Å². The highest BCUT2D eigenvalue weighted by atomic mass is 16.5. The lowest BCUT2D eigenvalue weighted by Crippen LogP contribution is -2.48. The maximum Gasteiger partial charge on any atom is 0.225 e. The van der Waals surface area contributed by atoms with Crippen molar-refractivity contribution in [1.82, 2.24) is 10.2 Å². The van der Waals surface area contributed by atoms with Gasteiger partial charge in [-0.1, -0.05) is 37.6 Å². The Morgan fingerprint density at radius 1 is 1.03 bits per heavy atom. The van der Waals surface area contributed by atoms with Crippen LogP contribution in [0.15, 0.2) is 42.5 Å². The van der Waals surface area contributed by atoms with E-state index in [1.54, 1.807) is 7.11 Å². The molecule has 0 aliphatic carbocycles. The molecule has 1 aliphatic heterocycles. The summed E-state index contributed by atoms with van der Waals surface area (Å²) in [5.41, 5.74) is 1.95. The Bertz CT molecular complexity index is 1010. The third kappa shape index (κ3) is 6.71. The highest BCUT2D eigenvalue weighted by molar-refractivity contribution is 5.85. The van der Waals surface area contributed by atoms with Gasteiger partial charge >= 0.3 is 0 Å². The number of amides is 2. The first-order valence-corrected chi connectivity index (χ1v) is 13.1. The SMILES string of the molecule is CCCCN1C(=O)CCC(C(=O)NCCc2ccc(OCC)c(OCC)c2)C1c1ccccc1OC. The fraction of sp³-hybridized carbons (Fsp3) is 0.517. The minimum Gasteiger partial charge on any atom is -0.496 e. The van der Waals surface area contributed by atoms with Gasteiger partial charge < -0.3 is 24.4 Å². The molecular formula is C29H40N2O5. The van der Waals surface area contributed by atoms with E-state index >= 15 is 0 Å². The van der Waals surface area contributed by atoms with Crippen LogP contribution in [0.5, 0.6) is 17.2 Å². The summed E-state index contributed by atoms with van der Waals surface area (Å²) >= 11 is 0. The third-order valence-corrected chi connectivity index (χ3v) is 6.57. The molecule has 1 N–H and O–H groups in total. The molecule has 7 heteroatoms. The van der Waals surface area contributed by atoms with Gasteiger partial charge in [0.2, 0.25) is 11.8 Å². The quantitative estimate of drug-likeness (QED) is 0.425. The van der Waals surface area contributed by atoms with Crippen LogP contribution in [0, 0.1) is 5.92 Å². The van der Waals surface area contributed by atoms with E-state index in [1.807, 2.05) is 61.2 Å². The van der Waals surface area contributed by atoms with Crippen molar-refractivity contribution in [3.63, 3.8) is 0 Å². The van der Waals surface area contributed by atoms with Crippen LogP contribution >= 0.6 is 0 Å². The molecule has 1 heterocycles. The predicted molar refractivity (Wildman–Crippen MR) is 141 cm³/mol. The summed E-state index contributed by atoms with van der Waals surface area (Å²) < 4.78 is 17.0.